The average Bonchev–Trinajstić information content (AvgIpc) is 2.73. The minimum atomic E-state index is -0.0621. The topological polar surface area (TPSA) is 44.8 Å². The van der Waals surface area contributed by atoms with Crippen molar-refractivity contribution in [3.63, 3.8) is 0 Å². The summed E-state index contributed by atoms with van der Waals surface area (Å²) in [5, 5.41) is 3.02. The molecule has 0 radical (unpaired) electrons. The number of carbonyl (C=O) groups is 1. The van der Waals surface area contributed by atoms with Crippen LogP contribution in [0.1, 0.15) is 23.7 Å². The van der Waals surface area contributed by atoms with E-state index in [1.54, 1.807) is 0 Å². The summed E-state index contributed by atoms with van der Waals surface area (Å²) in [5.41, 5.74) is 1.91. The molecule has 1 aliphatic heterocycles. The molecule has 1 heterocycles. The monoisotopic (exact) mass is 367 g/mol. The second-order valence-corrected chi connectivity index (χ2v) is 6.70. The second-order valence-electron chi connectivity index (χ2n) is 6.70. The normalized spacial score (nSPS) is 14.8. The summed E-state index contributed by atoms with van der Waals surface area (Å²) in [6.45, 7) is 8.40. The zero-order valence-corrected chi connectivity index (χ0v) is 16.1. The fourth-order valence-corrected chi connectivity index (χ4v) is 3.40. The fraction of sp³-hybridized carbons (Fsp3) is 0.409. The van der Waals surface area contributed by atoms with E-state index < -0.39 is 0 Å². The summed E-state index contributed by atoms with van der Waals surface area (Å²) in [6, 6.07) is 18.0. The van der Waals surface area contributed by atoms with Crippen LogP contribution in [0.2, 0.25) is 0 Å². The molecule has 5 nitrogen and oxygen atoms in total. The van der Waals surface area contributed by atoms with Crippen LogP contribution in [0, 0.1) is 0 Å². The molecule has 0 aliphatic carbocycles. The maximum atomic E-state index is 12.4. The van der Waals surface area contributed by atoms with Gasteiger partial charge in [-0.1, -0.05) is 30.3 Å². The van der Waals surface area contributed by atoms with Gasteiger partial charge in [-0.2, -0.15) is 0 Å². The van der Waals surface area contributed by atoms with E-state index in [0.717, 1.165) is 39.1 Å². The standard InChI is InChI=1S/C22H29N3O2/c1-2-27-21-12-7-6-11-20(21)22(26)23-13-8-14-24-15-17-25(18-16-24)19-9-4-3-5-10-19/h3-7,9-12H,2,8,13-18H2,1H3,(H,23,26). The molecule has 1 fully saturated rings. The van der Waals surface area contributed by atoms with Gasteiger partial charge in [0.15, 0.2) is 0 Å². The number of hydrogen-bond donors (Lipinski definition) is 1. The smallest absolute Gasteiger partial charge is 0.255 e. The average molecular weight is 367 g/mol. The first-order valence-corrected chi connectivity index (χ1v) is 9.80. The Balaban J connectivity index is 1.37. The van der Waals surface area contributed by atoms with Crippen molar-refractivity contribution in [3.05, 3.63) is 60.2 Å². The molecular formula is C22H29N3O2. The highest BCUT2D eigenvalue weighted by Gasteiger charge is 2.17. The van der Waals surface area contributed by atoms with Gasteiger partial charge in [0.05, 0.1) is 12.2 Å². The fourth-order valence-electron chi connectivity index (χ4n) is 3.40. The highest BCUT2D eigenvalue weighted by molar-refractivity contribution is 5.96. The van der Waals surface area contributed by atoms with Crippen LogP contribution in [0.25, 0.3) is 0 Å². The van der Waals surface area contributed by atoms with Gasteiger partial charge in [0.25, 0.3) is 5.91 Å². The van der Waals surface area contributed by atoms with Crippen LogP contribution in [-0.4, -0.2) is 56.7 Å². The van der Waals surface area contributed by atoms with Crippen molar-refractivity contribution in [2.24, 2.45) is 0 Å². The molecule has 0 atom stereocenters. The van der Waals surface area contributed by atoms with Crippen LogP contribution in [0.5, 0.6) is 5.75 Å². The number of benzene rings is 2. The molecule has 2 aromatic carbocycles. The van der Waals surface area contributed by atoms with E-state index in [0.29, 0.717) is 24.5 Å². The SMILES string of the molecule is CCOc1ccccc1C(=O)NCCCN1CCN(c2ccccc2)CC1. The number of piperazine rings is 1. The molecular weight excluding hydrogens is 338 g/mol. The molecule has 27 heavy (non-hydrogen) atoms. The number of rotatable bonds is 8. The van der Waals surface area contributed by atoms with Crippen LogP contribution < -0.4 is 15.0 Å². The Hall–Kier alpha value is -2.53. The van der Waals surface area contributed by atoms with Gasteiger partial charge < -0.3 is 15.0 Å². The predicted molar refractivity (Wildman–Crippen MR) is 110 cm³/mol. The van der Waals surface area contributed by atoms with Gasteiger partial charge in [0.1, 0.15) is 5.75 Å². The number of ether oxygens (including phenoxy) is 1. The third-order valence-corrected chi connectivity index (χ3v) is 4.86. The maximum absolute atomic E-state index is 12.4. The summed E-state index contributed by atoms with van der Waals surface area (Å²) in [7, 11) is 0. The van der Waals surface area contributed by atoms with Crippen LogP contribution in [-0.2, 0) is 0 Å². The summed E-state index contributed by atoms with van der Waals surface area (Å²) in [4.78, 5) is 17.3. The van der Waals surface area contributed by atoms with Crippen molar-refractivity contribution in [2.75, 3.05) is 50.8 Å². The molecule has 1 amide bonds. The quantitative estimate of drug-likeness (QED) is 0.729. The van der Waals surface area contributed by atoms with Gasteiger partial charge in [-0.25, -0.2) is 0 Å². The summed E-state index contributed by atoms with van der Waals surface area (Å²) < 4.78 is 5.53. The number of carbonyl (C=O) groups excluding carboxylic acids is 1. The lowest BCUT2D eigenvalue weighted by atomic mass is 10.2. The molecule has 3 rings (SSSR count). The molecule has 0 spiro atoms. The Bertz CT molecular complexity index is 713. The Morgan fingerprint density at radius 1 is 1.00 bits per heavy atom. The van der Waals surface area contributed by atoms with Gasteiger partial charge in [0, 0.05) is 38.4 Å². The highest BCUT2D eigenvalue weighted by atomic mass is 16.5. The Morgan fingerprint density at radius 2 is 1.70 bits per heavy atom. The zero-order valence-electron chi connectivity index (χ0n) is 16.1. The van der Waals surface area contributed by atoms with Crippen molar-refractivity contribution in [1.29, 1.82) is 0 Å². The molecule has 1 N–H and O–H groups in total. The summed E-state index contributed by atoms with van der Waals surface area (Å²) >= 11 is 0. The number of anilines is 1. The van der Waals surface area contributed by atoms with E-state index in [4.69, 9.17) is 4.74 Å². The van der Waals surface area contributed by atoms with E-state index in [9.17, 15) is 4.79 Å². The molecule has 1 aliphatic rings. The largest absolute Gasteiger partial charge is 0.493 e. The van der Waals surface area contributed by atoms with E-state index in [-0.39, 0.29) is 5.91 Å². The molecule has 0 unspecified atom stereocenters. The second kappa shape index (κ2) is 9.97. The molecule has 5 heteroatoms. The Morgan fingerprint density at radius 3 is 2.44 bits per heavy atom. The molecule has 1 saturated heterocycles. The first kappa shape index (κ1) is 19.2. The number of hydrogen-bond acceptors (Lipinski definition) is 4. The first-order chi connectivity index (χ1) is 13.3. The molecule has 0 aromatic heterocycles. The minimum absolute atomic E-state index is 0.0621. The first-order valence-electron chi connectivity index (χ1n) is 9.80. The zero-order chi connectivity index (χ0) is 18.9. The van der Waals surface area contributed by atoms with E-state index >= 15 is 0 Å². The lowest BCUT2D eigenvalue weighted by Crippen LogP contribution is -2.47. The van der Waals surface area contributed by atoms with Crippen molar-refractivity contribution in [3.8, 4) is 5.75 Å². The van der Waals surface area contributed by atoms with Gasteiger partial charge in [-0.15, -0.1) is 0 Å². The van der Waals surface area contributed by atoms with Crippen LogP contribution in [0.4, 0.5) is 5.69 Å². The number of nitrogens with zero attached hydrogens (tertiary/aromatic N) is 2. The van der Waals surface area contributed by atoms with Crippen LogP contribution in [0.3, 0.4) is 0 Å². The maximum Gasteiger partial charge on any atom is 0.255 e. The van der Waals surface area contributed by atoms with Crippen molar-refractivity contribution >= 4 is 11.6 Å². The summed E-state index contributed by atoms with van der Waals surface area (Å²) in [6.07, 6.45) is 0.952. The lowest BCUT2D eigenvalue weighted by molar-refractivity contribution is 0.0947. The van der Waals surface area contributed by atoms with Gasteiger partial charge in [-0.3, -0.25) is 9.69 Å². The van der Waals surface area contributed by atoms with Gasteiger partial charge in [0.2, 0.25) is 0 Å². The number of amides is 1. The van der Waals surface area contributed by atoms with Crippen molar-refractivity contribution in [2.45, 2.75) is 13.3 Å². The molecule has 144 valence electrons. The van der Waals surface area contributed by atoms with E-state index in [1.807, 2.05) is 31.2 Å². The van der Waals surface area contributed by atoms with Crippen LogP contribution in [0.15, 0.2) is 54.6 Å². The lowest BCUT2D eigenvalue weighted by Gasteiger charge is -2.36. The third-order valence-electron chi connectivity index (χ3n) is 4.86. The predicted octanol–water partition coefficient (Wildman–Crippen LogP) is 3.03. The molecule has 2 aromatic rings. The van der Waals surface area contributed by atoms with Gasteiger partial charge in [-0.05, 0) is 44.2 Å². The minimum Gasteiger partial charge on any atom is -0.493 e. The summed E-state index contributed by atoms with van der Waals surface area (Å²) in [5.74, 6) is 0.586. The van der Waals surface area contributed by atoms with Crippen molar-refractivity contribution in [1.82, 2.24) is 10.2 Å². The van der Waals surface area contributed by atoms with E-state index in [2.05, 4.69) is 45.4 Å². The number of para-hydroxylation sites is 2. The molecule has 0 saturated carbocycles. The Labute approximate surface area is 161 Å². The molecule has 0 bridgehead atoms. The van der Waals surface area contributed by atoms with Crippen LogP contribution >= 0.6 is 0 Å². The highest BCUT2D eigenvalue weighted by Crippen LogP contribution is 2.18. The van der Waals surface area contributed by atoms with Gasteiger partial charge >= 0.3 is 0 Å². The third kappa shape index (κ3) is 5.47. The number of nitrogens with one attached hydrogen (secondary N) is 1. The van der Waals surface area contributed by atoms with E-state index in [1.165, 1.54) is 5.69 Å². The Kier molecular flexibility index (Phi) is 7.11. The van der Waals surface area contributed by atoms with Crippen molar-refractivity contribution < 1.29 is 9.53 Å².